The van der Waals surface area contributed by atoms with Crippen LogP contribution in [-0.4, -0.2) is 63.2 Å². The number of piperazine rings is 1. The Morgan fingerprint density at radius 3 is 2.57 bits per heavy atom. The monoisotopic (exact) mass is 404 g/mol. The largest absolute Gasteiger partial charge is 0.444 e. The molecule has 2 heterocycles. The van der Waals surface area contributed by atoms with Crippen molar-refractivity contribution < 1.29 is 13.9 Å². The molecule has 2 aliphatic heterocycles. The van der Waals surface area contributed by atoms with E-state index in [1.165, 1.54) is 0 Å². The number of ether oxygens (including phenoxy) is 1. The highest BCUT2D eigenvalue weighted by Crippen LogP contribution is 2.42. The highest BCUT2D eigenvalue weighted by atomic mass is 28.2. The Morgan fingerprint density at radius 1 is 1.36 bits per heavy atom. The van der Waals surface area contributed by atoms with E-state index in [1.54, 1.807) is 6.07 Å². The summed E-state index contributed by atoms with van der Waals surface area (Å²) in [6, 6.07) is 6.99. The van der Waals surface area contributed by atoms with Crippen LogP contribution in [0.3, 0.4) is 0 Å². The van der Waals surface area contributed by atoms with E-state index in [9.17, 15) is 9.18 Å². The molecule has 1 aromatic rings. The third-order valence-corrected chi connectivity index (χ3v) is 7.38. The van der Waals surface area contributed by atoms with Gasteiger partial charge in [0.05, 0.1) is 15.6 Å². The van der Waals surface area contributed by atoms with Crippen LogP contribution in [0.15, 0.2) is 18.2 Å². The van der Waals surface area contributed by atoms with Gasteiger partial charge in [0.2, 0.25) is 0 Å². The summed E-state index contributed by atoms with van der Waals surface area (Å²) in [6.45, 7) is 15.2. The van der Waals surface area contributed by atoms with Gasteiger partial charge >= 0.3 is 6.09 Å². The van der Waals surface area contributed by atoms with E-state index in [0.717, 1.165) is 40.8 Å². The lowest BCUT2D eigenvalue weighted by Crippen LogP contribution is -2.58. The maximum absolute atomic E-state index is 14.1. The third kappa shape index (κ3) is 4.77. The first-order valence-corrected chi connectivity index (χ1v) is 11.5. The van der Waals surface area contributed by atoms with E-state index in [4.69, 9.17) is 4.74 Å². The summed E-state index contributed by atoms with van der Waals surface area (Å²) in [5.74, 6) is 0.244. The normalized spacial score (nSPS) is 25.9. The van der Waals surface area contributed by atoms with Crippen LogP contribution in [0.5, 0.6) is 0 Å². The standard InChI is InChI=1S/C22H33FN2O2Si/c1-15(2)19-12-24(9-10-25(19)20(26)27-21(4,5)6)13-22(14-28-22)17-8-7-16(3)18(23)11-17/h7-8,11,15,19H,9-10,12-14H2,1-6H3/t19-,22?/m1/s1. The van der Waals surface area contributed by atoms with Crippen molar-refractivity contribution >= 4 is 15.6 Å². The first-order valence-electron chi connectivity index (χ1n) is 10.2. The van der Waals surface area contributed by atoms with Crippen molar-refractivity contribution in [1.29, 1.82) is 0 Å². The predicted molar refractivity (Wildman–Crippen MR) is 111 cm³/mol. The van der Waals surface area contributed by atoms with Gasteiger partial charge in [0.25, 0.3) is 0 Å². The molecule has 2 aliphatic rings. The Hall–Kier alpha value is -1.40. The molecule has 0 N–H and O–H groups in total. The van der Waals surface area contributed by atoms with E-state index in [0.29, 0.717) is 18.0 Å². The fourth-order valence-electron chi connectivity index (χ4n) is 3.92. The van der Waals surface area contributed by atoms with Gasteiger partial charge in [0.1, 0.15) is 11.4 Å². The smallest absolute Gasteiger partial charge is 0.410 e. The van der Waals surface area contributed by atoms with E-state index in [1.807, 2.05) is 38.7 Å². The van der Waals surface area contributed by atoms with Crippen molar-refractivity contribution in [2.75, 3.05) is 26.2 Å². The van der Waals surface area contributed by atoms with Gasteiger partial charge in [-0.2, -0.15) is 0 Å². The molecule has 2 radical (unpaired) electrons. The minimum Gasteiger partial charge on any atom is -0.444 e. The van der Waals surface area contributed by atoms with Crippen LogP contribution in [0.4, 0.5) is 9.18 Å². The number of carbonyl (C=O) groups excluding carboxylic acids is 1. The topological polar surface area (TPSA) is 32.8 Å². The summed E-state index contributed by atoms with van der Waals surface area (Å²) < 4.78 is 19.7. The van der Waals surface area contributed by atoms with Crippen molar-refractivity contribution in [3.8, 4) is 0 Å². The first kappa shape index (κ1) is 21.3. The van der Waals surface area contributed by atoms with Crippen LogP contribution >= 0.6 is 0 Å². The molecular formula is C22H33FN2O2Si. The van der Waals surface area contributed by atoms with E-state index >= 15 is 0 Å². The maximum atomic E-state index is 14.1. The summed E-state index contributed by atoms with van der Waals surface area (Å²) in [5, 5.41) is 0.101. The van der Waals surface area contributed by atoms with Crippen molar-refractivity contribution in [3.63, 3.8) is 0 Å². The summed E-state index contributed by atoms with van der Waals surface area (Å²) in [5.41, 5.74) is 1.35. The molecule has 6 heteroatoms. The van der Waals surface area contributed by atoms with Crippen LogP contribution in [0.1, 0.15) is 45.7 Å². The molecule has 1 aromatic carbocycles. The van der Waals surface area contributed by atoms with E-state index in [2.05, 4.69) is 24.8 Å². The SMILES string of the molecule is Cc1ccc(C2(CN3CCN(C(=O)OC(C)(C)C)[C@@H](C(C)C)C3)C[Si]2)cc1F. The Labute approximate surface area is 171 Å². The lowest BCUT2D eigenvalue weighted by Gasteiger charge is -2.44. The Morgan fingerprint density at radius 2 is 2.04 bits per heavy atom. The molecular weight excluding hydrogens is 371 g/mol. The molecule has 1 unspecified atom stereocenters. The Kier molecular flexibility index (Phi) is 5.93. The molecule has 1 amide bonds. The summed E-state index contributed by atoms with van der Waals surface area (Å²) in [4.78, 5) is 17.0. The van der Waals surface area contributed by atoms with Crippen molar-refractivity contribution in [2.45, 2.75) is 64.3 Å². The van der Waals surface area contributed by atoms with Crippen LogP contribution in [-0.2, 0) is 9.78 Å². The second-order valence-electron chi connectivity index (χ2n) is 9.62. The maximum Gasteiger partial charge on any atom is 0.410 e. The van der Waals surface area contributed by atoms with Gasteiger partial charge < -0.3 is 9.64 Å². The third-order valence-electron chi connectivity index (χ3n) is 5.72. The number of halogens is 1. The van der Waals surface area contributed by atoms with Crippen molar-refractivity contribution in [1.82, 2.24) is 9.80 Å². The molecule has 0 aromatic heterocycles. The number of carbonyl (C=O) groups is 1. The van der Waals surface area contributed by atoms with Gasteiger partial charge in [-0.25, -0.2) is 9.18 Å². The molecule has 154 valence electrons. The number of aryl methyl sites for hydroxylation is 1. The second kappa shape index (κ2) is 7.79. The zero-order chi connectivity index (χ0) is 20.7. The molecule has 2 atom stereocenters. The Balaban J connectivity index is 1.69. The number of hydrogen-bond donors (Lipinski definition) is 0. The van der Waals surface area contributed by atoms with Gasteiger partial charge in [0.15, 0.2) is 0 Å². The molecule has 0 bridgehead atoms. The van der Waals surface area contributed by atoms with E-state index in [-0.39, 0.29) is 23.0 Å². The van der Waals surface area contributed by atoms with E-state index < -0.39 is 5.60 Å². The lowest BCUT2D eigenvalue weighted by molar-refractivity contribution is -0.0101. The minimum atomic E-state index is -0.482. The van der Waals surface area contributed by atoms with Crippen LogP contribution in [0, 0.1) is 18.7 Å². The number of rotatable bonds is 4. The summed E-state index contributed by atoms with van der Waals surface area (Å²) in [6.07, 6.45) is -0.213. The van der Waals surface area contributed by atoms with Gasteiger partial charge in [-0.15, -0.1) is 0 Å². The minimum absolute atomic E-state index is 0.101. The summed E-state index contributed by atoms with van der Waals surface area (Å²) in [7, 11) is 0.844. The number of nitrogens with zero attached hydrogens (tertiary/aromatic N) is 2. The fraction of sp³-hybridized carbons (Fsp3) is 0.682. The second-order valence-corrected chi connectivity index (χ2v) is 11.3. The highest BCUT2D eigenvalue weighted by Gasteiger charge is 2.47. The molecule has 0 aliphatic carbocycles. The number of amides is 1. The number of hydrogen-bond acceptors (Lipinski definition) is 3. The zero-order valence-corrected chi connectivity index (χ0v) is 19.0. The average molecular weight is 405 g/mol. The quantitative estimate of drug-likeness (QED) is 0.710. The first-order chi connectivity index (χ1) is 13.0. The molecule has 2 fully saturated rings. The Bertz CT molecular complexity index is 728. The summed E-state index contributed by atoms with van der Waals surface area (Å²) >= 11 is 0. The molecule has 0 saturated carbocycles. The van der Waals surface area contributed by atoms with Gasteiger partial charge in [-0.05, 0) is 55.8 Å². The van der Waals surface area contributed by atoms with Crippen molar-refractivity contribution in [2.24, 2.45) is 5.92 Å². The van der Waals surface area contributed by atoms with Gasteiger partial charge in [0, 0.05) is 26.2 Å². The molecule has 2 saturated heterocycles. The molecule has 4 nitrogen and oxygen atoms in total. The molecule has 28 heavy (non-hydrogen) atoms. The lowest BCUT2D eigenvalue weighted by atomic mass is 9.96. The number of benzene rings is 1. The van der Waals surface area contributed by atoms with Crippen LogP contribution in [0.25, 0.3) is 0 Å². The molecule has 0 spiro atoms. The highest BCUT2D eigenvalue weighted by molar-refractivity contribution is 6.54. The van der Waals surface area contributed by atoms with Crippen molar-refractivity contribution in [3.05, 3.63) is 35.1 Å². The average Bonchev–Trinajstić information content (AvgIpc) is 3.36. The van der Waals surface area contributed by atoms with Crippen LogP contribution in [0.2, 0.25) is 6.04 Å². The van der Waals surface area contributed by atoms with Crippen LogP contribution < -0.4 is 0 Å². The van der Waals surface area contributed by atoms with Gasteiger partial charge in [-0.3, -0.25) is 4.90 Å². The molecule has 3 rings (SSSR count). The van der Waals surface area contributed by atoms with Gasteiger partial charge in [-0.1, -0.05) is 32.0 Å². The fourth-order valence-corrected chi connectivity index (χ4v) is 5.14. The predicted octanol–water partition coefficient (Wildman–Crippen LogP) is 4.04. The zero-order valence-electron chi connectivity index (χ0n) is 18.0.